The number of nitrogens with one attached hydrogen (secondary N) is 1. The molecule has 1 rings (SSSR count). The average Bonchev–Trinajstić information content (AvgIpc) is 2.47. The maximum Gasteiger partial charge on any atom is 0.251 e. The minimum Gasteiger partial charge on any atom is -0.359 e. The highest BCUT2D eigenvalue weighted by molar-refractivity contribution is 5.83. The minimum absolute atomic E-state index is 0.0185. The van der Waals surface area contributed by atoms with Crippen molar-refractivity contribution in [1.82, 2.24) is 5.32 Å². The Morgan fingerprint density at radius 3 is 2.67 bits per heavy atom. The predicted octanol–water partition coefficient (Wildman–Crippen LogP) is -0.0902. The molecular weight excluding hydrogens is 118 g/mol. The van der Waals surface area contributed by atoms with Crippen molar-refractivity contribution in [2.24, 2.45) is 0 Å². The van der Waals surface area contributed by atoms with Gasteiger partial charge in [0.25, 0.3) is 5.91 Å². The summed E-state index contributed by atoms with van der Waals surface area (Å²) >= 11 is 0. The van der Waals surface area contributed by atoms with Gasteiger partial charge in [0.15, 0.2) is 6.10 Å². The zero-order valence-corrected chi connectivity index (χ0v) is 5.68. The molecule has 1 N–H and O–H groups in total. The van der Waals surface area contributed by atoms with Crippen LogP contribution in [0.1, 0.15) is 13.8 Å². The molecule has 0 aromatic rings. The van der Waals surface area contributed by atoms with Crippen LogP contribution in [0.25, 0.3) is 0 Å². The van der Waals surface area contributed by atoms with Gasteiger partial charge < -0.3 is 10.1 Å². The van der Waals surface area contributed by atoms with E-state index < -0.39 is 0 Å². The van der Waals surface area contributed by atoms with Crippen molar-refractivity contribution >= 4 is 5.91 Å². The highest BCUT2D eigenvalue weighted by Gasteiger charge is 2.40. The minimum atomic E-state index is -0.162. The maximum atomic E-state index is 10.8. The molecule has 3 nitrogen and oxygen atoms in total. The van der Waals surface area contributed by atoms with E-state index in [1.54, 1.807) is 0 Å². The first kappa shape index (κ1) is 6.55. The molecule has 0 aromatic carbocycles. The van der Waals surface area contributed by atoms with Crippen LogP contribution >= 0.6 is 0 Å². The van der Waals surface area contributed by atoms with Gasteiger partial charge in [0.2, 0.25) is 0 Å². The Kier molecular flexibility index (Phi) is 1.71. The molecule has 1 aliphatic heterocycles. The number of carbonyl (C=O) groups excluding carboxylic acids is 1. The topological polar surface area (TPSA) is 41.6 Å². The second kappa shape index (κ2) is 2.35. The predicted molar refractivity (Wildman–Crippen MR) is 33.0 cm³/mol. The lowest BCUT2D eigenvalue weighted by atomic mass is 10.3. The largest absolute Gasteiger partial charge is 0.359 e. The van der Waals surface area contributed by atoms with E-state index in [4.69, 9.17) is 4.74 Å². The summed E-state index contributed by atoms with van der Waals surface area (Å²) in [5, 5.41) is 2.67. The standard InChI is InChI=1S/C6H11NO2/c1-3-7-6(8)5-4(2)9-5/h4-5H,3H2,1-2H3,(H,7,8)/t4-,5+/m1/s1. The van der Waals surface area contributed by atoms with E-state index in [1.807, 2.05) is 13.8 Å². The van der Waals surface area contributed by atoms with E-state index in [1.165, 1.54) is 0 Å². The summed E-state index contributed by atoms with van der Waals surface area (Å²) in [5.41, 5.74) is 0. The maximum absolute atomic E-state index is 10.8. The van der Waals surface area contributed by atoms with Gasteiger partial charge in [0, 0.05) is 6.54 Å². The fourth-order valence-electron chi connectivity index (χ4n) is 0.736. The number of hydrogen-bond donors (Lipinski definition) is 1. The zero-order valence-electron chi connectivity index (χ0n) is 5.68. The Labute approximate surface area is 54.4 Å². The second-order valence-corrected chi connectivity index (χ2v) is 2.16. The van der Waals surface area contributed by atoms with Gasteiger partial charge in [-0.3, -0.25) is 4.79 Å². The normalized spacial score (nSPS) is 31.8. The highest BCUT2D eigenvalue weighted by atomic mass is 16.6. The molecule has 1 aliphatic rings. The molecule has 0 aromatic heterocycles. The lowest BCUT2D eigenvalue weighted by molar-refractivity contribution is -0.122. The van der Waals surface area contributed by atoms with E-state index >= 15 is 0 Å². The SMILES string of the molecule is CCNC(=O)[C@H]1O[C@@H]1C. The van der Waals surface area contributed by atoms with E-state index in [0.29, 0.717) is 6.54 Å². The lowest BCUT2D eigenvalue weighted by Crippen LogP contribution is -2.28. The van der Waals surface area contributed by atoms with Gasteiger partial charge in [-0.05, 0) is 13.8 Å². The first-order valence-corrected chi connectivity index (χ1v) is 3.19. The van der Waals surface area contributed by atoms with Crippen LogP contribution < -0.4 is 5.32 Å². The Bertz CT molecular complexity index is 124. The van der Waals surface area contributed by atoms with E-state index in [2.05, 4.69) is 5.32 Å². The van der Waals surface area contributed by atoms with Crippen molar-refractivity contribution in [1.29, 1.82) is 0 Å². The molecule has 1 amide bonds. The number of rotatable bonds is 2. The van der Waals surface area contributed by atoms with Crippen LogP contribution in [0.3, 0.4) is 0 Å². The first-order chi connectivity index (χ1) is 4.25. The average molecular weight is 129 g/mol. The van der Waals surface area contributed by atoms with Crippen LogP contribution in [0, 0.1) is 0 Å². The van der Waals surface area contributed by atoms with Crippen molar-refractivity contribution in [3.63, 3.8) is 0 Å². The van der Waals surface area contributed by atoms with Crippen LogP contribution in [0.15, 0.2) is 0 Å². The Balaban J connectivity index is 2.20. The molecule has 0 unspecified atom stereocenters. The van der Waals surface area contributed by atoms with Crippen molar-refractivity contribution in [3.05, 3.63) is 0 Å². The van der Waals surface area contributed by atoms with E-state index in [-0.39, 0.29) is 18.1 Å². The van der Waals surface area contributed by atoms with Crippen LogP contribution in [0.2, 0.25) is 0 Å². The van der Waals surface area contributed by atoms with Gasteiger partial charge in [-0.25, -0.2) is 0 Å². The third-order valence-electron chi connectivity index (χ3n) is 1.32. The fourth-order valence-corrected chi connectivity index (χ4v) is 0.736. The molecule has 0 saturated carbocycles. The quantitative estimate of drug-likeness (QED) is 0.529. The highest BCUT2D eigenvalue weighted by Crippen LogP contribution is 2.20. The van der Waals surface area contributed by atoms with Gasteiger partial charge in [0.1, 0.15) is 0 Å². The summed E-state index contributed by atoms with van der Waals surface area (Å²) in [6, 6.07) is 0. The molecule has 0 aliphatic carbocycles. The number of ether oxygens (including phenoxy) is 1. The first-order valence-electron chi connectivity index (χ1n) is 3.19. The molecule has 0 spiro atoms. The molecule has 3 heteroatoms. The molecule has 1 heterocycles. The Hall–Kier alpha value is -0.570. The van der Waals surface area contributed by atoms with E-state index in [0.717, 1.165) is 0 Å². The molecule has 2 atom stereocenters. The number of amides is 1. The van der Waals surface area contributed by atoms with Gasteiger partial charge in [0.05, 0.1) is 6.10 Å². The van der Waals surface area contributed by atoms with Crippen molar-refractivity contribution in [2.45, 2.75) is 26.1 Å². The fraction of sp³-hybridized carbons (Fsp3) is 0.833. The second-order valence-electron chi connectivity index (χ2n) is 2.16. The summed E-state index contributed by atoms with van der Waals surface area (Å²) < 4.78 is 4.92. The van der Waals surface area contributed by atoms with Gasteiger partial charge in [-0.1, -0.05) is 0 Å². The molecule has 52 valence electrons. The summed E-state index contributed by atoms with van der Waals surface area (Å²) in [6.07, 6.45) is -0.0264. The molecule has 9 heavy (non-hydrogen) atoms. The molecule has 1 fully saturated rings. The van der Waals surface area contributed by atoms with Crippen LogP contribution in [-0.2, 0) is 9.53 Å². The number of hydrogen-bond acceptors (Lipinski definition) is 2. The van der Waals surface area contributed by atoms with Crippen molar-refractivity contribution < 1.29 is 9.53 Å². The van der Waals surface area contributed by atoms with Crippen molar-refractivity contribution in [2.75, 3.05) is 6.54 Å². The third kappa shape index (κ3) is 1.42. The number of carbonyl (C=O) groups is 1. The van der Waals surface area contributed by atoms with Gasteiger partial charge >= 0.3 is 0 Å². The van der Waals surface area contributed by atoms with Gasteiger partial charge in [-0.15, -0.1) is 0 Å². The molecule has 1 saturated heterocycles. The third-order valence-corrected chi connectivity index (χ3v) is 1.32. The van der Waals surface area contributed by atoms with Gasteiger partial charge in [-0.2, -0.15) is 0 Å². The van der Waals surface area contributed by atoms with Crippen LogP contribution in [0.4, 0.5) is 0 Å². The summed E-state index contributed by atoms with van der Waals surface area (Å²) in [5.74, 6) is 0.0185. The van der Waals surface area contributed by atoms with Crippen LogP contribution in [-0.4, -0.2) is 24.7 Å². The van der Waals surface area contributed by atoms with Crippen LogP contribution in [0.5, 0.6) is 0 Å². The van der Waals surface area contributed by atoms with E-state index in [9.17, 15) is 4.79 Å². The van der Waals surface area contributed by atoms with Crippen molar-refractivity contribution in [3.8, 4) is 0 Å². The Morgan fingerprint density at radius 2 is 2.33 bits per heavy atom. The Morgan fingerprint density at radius 1 is 1.78 bits per heavy atom. The molecule has 0 bridgehead atoms. The molecule has 0 radical (unpaired) electrons. The number of likely N-dealkylation sites (N-methyl/N-ethyl adjacent to an activating group) is 1. The lowest BCUT2D eigenvalue weighted by Gasteiger charge is -1.94. The summed E-state index contributed by atoms with van der Waals surface area (Å²) in [7, 11) is 0. The smallest absolute Gasteiger partial charge is 0.251 e. The zero-order chi connectivity index (χ0) is 6.85. The summed E-state index contributed by atoms with van der Waals surface area (Å²) in [6.45, 7) is 4.47. The summed E-state index contributed by atoms with van der Waals surface area (Å²) in [4.78, 5) is 10.8. The number of epoxide rings is 1. The molecular formula is C6H11NO2. The monoisotopic (exact) mass is 129 g/mol.